The van der Waals surface area contributed by atoms with Gasteiger partial charge in [-0.2, -0.15) is 5.26 Å². The number of carbonyl (C=O) groups excluding carboxylic acids is 3. The van der Waals surface area contributed by atoms with E-state index in [4.69, 9.17) is 15.5 Å². The summed E-state index contributed by atoms with van der Waals surface area (Å²) in [5, 5.41) is 15.8. The van der Waals surface area contributed by atoms with Crippen molar-refractivity contribution in [3.63, 3.8) is 0 Å². The maximum Gasteiger partial charge on any atom is 0.413 e. The van der Waals surface area contributed by atoms with Crippen LogP contribution in [0.2, 0.25) is 0 Å². The Labute approximate surface area is 220 Å². The standard InChI is InChI=1S/C26H43N7O4/c1-3-37-25(36)30-24(33-13-9-20(10-14-33)22(28)34)29-21(17-19-7-5-4-6-8-19)23(35)31-26(18-27)11-15-32(2)16-12-26/h19-21H,3-17H2,1-2H3,(H2,28,34)(H,31,35)(H,29,30,36). The molecule has 1 atom stereocenters. The largest absolute Gasteiger partial charge is 0.450 e. The number of hydrogen-bond acceptors (Lipinski definition) is 7. The van der Waals surface area contributed by atoms with Gasteiger partial charge in [0, 0.05) is 32.1 Å². The lowest BCUT2D eigenvalue weighted by Gasteiger charge is -2.37. The minimum Gasteiger partial charge on any atom is -0.450 e. The van der Waals surface area contributed by atoms with Crippen molar-refractivity contribution in [2.45, 2.75) is 82.7 Å². The molecule has 0 aromatic heterocycles. The summed E-state index contributed by atoms with van der Waals surface area (Å²) in [5.74, 6) is -0.209. The van der Waals surface area contributed by atoms with E-state index in [0.717, 1.165) is 38.8 Å². The SMILES string of the molecule is CCOC(=O)NC(=NC(CC1CCCCC1)C(=O)NC1(C#N)CCN(C)CC1)N1CCC(C(N)=O)CC1. The van der Waals surface area contributed by atoms with Crippen molar-refractivity contribution < 1.29 is 19.1 Å². The molecule has 11 nitrogen and oxygen atoms in total. The number of carbonyl (C=O) groups is 3. The minimum atomic E-state index is -0.918. The van der Waals surface area contributed by atoms with Gasteiger partial charge in [0.05, 0.1) is 12.7 Å². The third-order valence-electron chi connectivity index (χ3n) is 7.97. The molecule has 3 aliphatic rings. The number of aliphatic imine (C=N–C) groups is 1. The van der Waals surface area contributed by atoms with Crippen molar-refractivity contribution in [1.29, 1.82) is 5.26 Å². The first-order valence-electron chi connectivity index (χ1n) is 13.7. The Balaban J connectivity index is 1.85. The number of nitriles is 1. The molecule has 2 aliphatic heterocycles. The van der Waals surface area contributed by atoms with Gasteiger partial charge in [-0.1, -0.05) is 32.1 Å². The summed E-state index contributed by atoms with van der Waals surface area (Å²) in [6.45, 7) is 4.34. The number of guanidine groups is 1. The lowest BCUT2D eigenvalue weighted by molar-refractivity contribution is -0.124. The first kappa shape index (κ1) is 28.7. The molecular weight excluding hydrogens is 474 g/mol. The van der Waals surface area contributed by atoms with Gasteiger partial charge in [-0.25, -0.2) is 9.79 Å². The van der Waals surface area contributed by atoms with Crippen LogP contribution >= 0.6 is 0 Å². The Hall–Kier alpha value is -2.87. The van der Waals surface area contributed by atoms with Crippen LogP contribution < -0.4 is 16.4 Å². The molecule has 206 valence electrons. The number of hydrogen-bond donors (Lipinski definition) is 3. The van der Waals surface area contributed by atoms with Crippen molar-refractivity contribution in [3.05, 3.63) is 0 Å². The van der Waals surface area contributed by atoms with Gasteiger partial charge in [0.1, 0.15) is 11.6 Å². The second-order valence-electron chi connectivity index (χ2n) is 10.7. The zero-order chi connectivity index (χ0) is 26.8. The van der Waals surface area contributed by atoms with Gasteiger partial charge in [-0.15, -0.1) is 0 Å². The molecule has 3 amide bonds. The summed E-state index contributed by atoms with van der Waals surface area (Å²) in [4.78, 5) is 46.6. The Bertz CT molecular complexity index is 865. The van der Waals surface area contributed by atoms with Crippen LogP contribution in [0, 0.1) is 23.2 Å². The zero-order valence-electron chi connectivity index (χ0n) is 22.3. The van der Waals surface area contributed by atoms with Crippen molar-refractivity contribution in [1.82, 2.24) is 20.4 Å². The van der Waals surface area contributed by atoms with Crippen LogP contribution in [0.15, 0.2) is 4.99 Å². The van der Waals surface area contributed by atoms with E-state index in [1.807, 2.05) is 11.9 Å². The fraction of sp³-hybridized carbons (Fsp3) is 0.808. The minimum absolute atomic E-state index is 0.202. The predicted molar refractivity (Wildman–Crippen MR) is 139 cm³/mol. The van der Waals surface area contributed by atoms with E-state index >= 15 is 0 Å². The first-order valence-corrected chi connectivity index (χ1v) is 13.7. The second kappa shape index (κ2) is 13.6. The summed E-state index contributed by atoms with van der Waals surface area (Å²) in [7, 11) is 2.01. The molecule has 0 radical (unpaired) electrons. The number of ether oxygens (including phenoxy) is 1. The van der Waals surface area contributed by atoms with Crippen LogP contribution in [0.3, 0.4) is 0 Å². The number of likely N-dealkylation sites (tertiary alicyclic amines) is 2. The maximum atomic E-state index is 13.7. The van der Waals surface area contributed by atoms with Gasteiger partial charge in [0.15, 0.2) is 0 Å². The van der Waals surface area contributed by atoms with Gasteiger partial charge in [-0.05, 0) is 52.0 Å². The summed E-state index contributed by atoms with van der Waals surface area (Å²) < 4.78 is 5.10. The summed E-state index contributed by atoms with van der Waals surface area (Å²) in [6, 6.07) is 1.61. The molecule has 1 aliphatic carbocycles. The van der Waals surface area contributed by atoms with Crippen molar-refractivity contribution in [2.75, 3.05) is 39.8 Å². The first-order chi connectivity index (χ1) is 17.7. The molecule has 1 unspecified atom stereocenters. The van der Waals surface area contributed by atoms with E-state index in [9.17, 15) is 19.6 Å². The third kappa shape index (κ3) is 8.32. The van der Waals surface area contributed by atoms with Crippen LogP contribution in [0.1, 0.15) is 71.1 Å². The molecule has 4 N–H and O–H groups in total. The Morgan fingerprint density at radius 3 is 2.32 bits per heavy atom. The number of nitrogens with one attached hydrogen (secondary N) is 2. The molecule has 2 saturated heterocycles. The van der Waals surface area contributed by atoms with E-state index in [1.54, 1.807) is 6.92 Å². The number of alkyl carbamates (subject to hydrolysis) is 1. The average molecular weight is 518 g/mol. The molecule has 3 fully saturated rings. The van der Waals surface area contributed by atoms with E-state index in [0.29, 0.717) is 51.1 Å². The number of amides is 3. The third-order valence-corrected chi connectivity index (χ3v) is 7.97. The number of nitrogens with zero attached hydrogens (tertiary/aromatic N) is 4. The highest BCUT2D eigenvalue weighted by Crippen LogP contribution is 2.29. The second-order valence-corrected chi connectivity index (χ2v) is 10.7. The highest BCUT2D eigenvalue weighted by Gasteiger charge is 2.38. The molecular formula is C26H43N7O4. The molecule has 11 heteroatoms. The highest BCUT2D eigenvalue weighted by atomic mass is 16.5. The van der Waals surface area contributed by atoms with Crippen LogP contribution in [-0.4, -0.2) is 85.1 Å². The van der Waals surface area contributed by atoms with Crippen LogP contribution in [0.25, 0.3) is 0 Å². The van der Waals surface area contributed by atoms with Gasteiger partial charge >= 0.3 is 6.09 Å². The summed E-state index contributed by atoms with van der Waals surface area (Å²) in [5.41, 5.74) is 4.58. The number of nitrogens with two attached hydrogens (primary N) is 1. The number of piperidine rings is 2. The summed E-state index contributed by atoms with van der Waals surface area (Å²) in [6.07, 6.45) is 7.66. The van der Waals surface area contributed by atoms with Crippen molar-refractivity contribution >= 4 is 23.9 Å². The molecule has 2 heterocycles. The number of rotatable bonds is 7. The quantitative estimate of drug-likeness (QED) is 0.343. The molecule has 3 rings (SSSR count). The fourth-order valence-corrected chi connectivity index (χ4v) is 5.52. The fourth-order valence-electron chi connectivity index (χ4n) is 5.52. The van der Waals surface area contributed by atoms with E-state index in [-0.39, 0.29) is 30.3 Å². The molecule has 0 bridgehead atoms. The van der Waals surface area contributed by atoms with Gasteiger partial charge in [0.25, 0.3) is 0 Å². The predicted octanol–water partition coefficient (Wildman–Crippen LogP) is 1.73. The maximum absolute atomic E-state index is 13.7. The number of primary amides is 1. The van der Waals surface area contributed by atoms with E-state index in [1.165, 1.54) is 6.42 Å². The lowest BCUT2D eigenvalue weighted by Crippen LogP contribution is -2.56. The molecule has 0 spiro atoms. The monoisotopic (exact) mass is 517 g/mol. The van der Waals surface area contributed by atoms with E-state index in [2.05, 4.69) is 21.6 Å². The van der Waals surface area contributed by atoms with Crippen molar-refractivity contribution in [3.8, 4) is 6.07 Å². The normalized spacial score (nSPS) is 22.5. The van der Waals surface area contributed by atoms with Crippen LogP contribution in [0.5, 0.6) is 0 Å². The lowest BCUT2D eigenvalue weighted by atomic mass is 9.84. The Morgan fingerprint density at radius 2 is 1.76 bits per heavy atom. The smallest absolute Gasteiger partial charge is 0.413 e. The van der Waals surface area contributed by atoms with Gasteiger partial charge < -0.3 is 25.6 Å². The van der Waals surface area contributed by atoms with Crippen molar-refractivity contribution in [2.24, 2.45) is 22.6 Å². The molecule has 37 heavy (non-hydrogen) atoms. The highest BCUT2D eigenvalue weighted by molar-refractivity contribution is 5.96. The topological polar surface area (TPSA) is 153 Å². The van der Waals surface area contributed by atoms with Crippen LogP contribution in [0.4, 0.5) is 4.79 Å². The zero-order valence-corrected chi connectivity index (χ0v) is 22.3. The molecule has 1 saturated carbocycles. The molecule has 0 aromatic carbocycles. The summed E-state index contributed by atoms with van der Waals surface area (Å²) >= 11 is 0. The van der Waals surface area contributed by atoms with Gasteiger partial charge in [0.2, 0.25) is 17.8 Å². The Kier molecular flexibility index (Phi) is 10.6. The Morgan fingerprint density at radius 1 is 1.11 bits per heavy atom. The average Bonchev–Trinajstić information content (AvgIpc) is 2.90. The molecule has 0 aromatic rings. The van der Waals surface area contributed by atoms with E-state index < -0.39 is 17.7 Å². The van der Waals surface area contributed by atoms with Gasteiger partial charge in [-0.3, -0.25) is 14.9 Å². The van der Waals surface area contributed by atoms with Crippen LogP contribution in [-0.2, 0) is 14.3 Å².